The second-order valence-electron chi connectivity index (χ2n) is 5.96. The van der Waals surface area contributed by atoms with Crippen molar-refractivity contribution in [2.45, 2.75) is 0 Å². The number of hydrazone groups is 1. The topological polar surface area (TPSA) is 96.9 Å². The van der Waals surface area contributed by atoms with Crippen molar-refractivity contribution in [2.75, 3.05) is 5.32 Å². The van der Waals surface area contributed by atoms with Gasteiger partial charge >= 0.3 is 17.8 Å². The Morgan fingerprint density at radius 1 is 0.833 bits per heavy atom. The van der Waals surface area contributed by atoms with Gasteiger partial charge < -0.3 is 10.1 Å². The lowest BCUT2D eigenvalue weighted by atomic mass is 10.2. The minimum absolute atomic E-state index is 0.167. The summed E-state index contributed by atoms with van der Waals surface area (Å²) in [6.07, 6.45) is 1.32. The molecule has 3 rings (SSSR count). The Morgan fingerprint density at radius 2 is 1.50 bits per heavy atom. The van der Waals surface area contributed by atoms with Gasteiger partial charge in [-0.3, -0.25) is 9.59 Å². The summed E-state index contributed by atoms with van der Waals surface area (Å²) in [5.41, 5.74) is 3.01. The van der Waals surface area contributed by atoms with Crippen LogP contribution in [0.25, 0.3) is 0 Å². The minimum Gasteiger partial charge on any atom is -0.423 e. The summed E-state index contributed by atoms with van der Waals surface area (Å²) in [5.74, 6) is -3.05. The fourth-order valence-corrected chi connectivity index (χ4v) is 2.34. The van der Waals surface area contributed by atoms with Crippen molar-refractivity contribution >= 4 is 29.7 Å². The normalized spacial score (nSPS) is 10.4. The largest absolute Gasteiger partial charge is 0.423 e. The zero-order chi connectivity index (χ0) is 21.3. The van der Waals surface area contributed by atoms with Crippen LogP contribution in [0.1, 0.15) is 15.9 Å². The van der Waals surface area contributed by atoms with E-state index in [1.54, 1.807) is 42.5 Å². The third kappa shape index (κ3) is 5.59. The summed E-state index contributed by atoms with van der Waals surface area (Å²) in [4.78, 5) is 35.5. The molecule has 0 aliphatic heterocycles. The summed E-state index contributed by atoms with van der Waals surface area (Å²) in [6.45, 7) is 0. The van der Waals surface area contributed by atoms with Gasteiger partial charge in [0.1, 0.15) is 11.6 Å². The van der Waals surface area contributed by atoms with Gasteiger partial charge in [0.2, 0.25) is 0 Å². The third-order valence-corrected chi connectivity index (χ3v) is 3.80. The summed E-state index contributed by atoms with van der Waals surface area (Å²) >= 11 is 0. The lowest BCUT2D eigenvalue weighted by Crippen LogP contribution is -2.32. The van der Waals surface area contributed by atoms with E-state index in [-0.39, 0.29) is 11.3 Å². The van der Waals surface area contributed by atoms with Gasteiger partial charge in [-0.15, -0.1) is 0 Å². The summed E-state index contributed by atoms with van der Waals surface area (Å²) in [7, 11) is 0. The highest BCUT2D eigenvalue weighted by Gasteiger charge is 2.14. The van der Waals surface area contributed by atoms with E-state index in [1.807, 2.05) is 0 Å². The number of nitrogens with zero attached hydrogens (tertiary/aromatic N) is 1. The highest BCUT2D eigenvalue weighted by atomic mass is 19.1. The molecule has 0 unspecified atom stereocenters. The van der Waals surface area contributed by atoms with Gasteiger partial charge in [0.15, 0.2) is 0 Å². The predicted octanol–water partition coefficient (Wildman–Crippen LogP) is 3.13. The monoisotopic (exact) mass is 405 g/mol. The molecule has 2 amide bonds. The SMILES string of the molecule is O=C(N/N=C/c1ccc(OC(=O)c2ccccc2F)cc1)C(=O)Nc1ccccc1. The van der Waals surface area contributed by atoms with Crippen molar-refractivity contribution in [1.29, 1.82) is 0 Å². The summed E-state index contributed by atoms with van der Waals surface area (Å²) < 4.78 is 18.7. The maximum atomic E-state index is 13.6. The van der Waals surface area contributed by atoms with Crippen molar-refractivity contribution in [3.8, 4) is 5.75 Å². The number of para-hydroxylation sites is 1. The molecule has 0 atom stereocenters. The second-order valence-corrected chi connectivity index (χ2v) is 5.96. The van der Waals surface area contributed by atoms with Crippen molar-refractivity contribution in [2.24, 2.45) is 5.10 Å². The van der Waals surface area contributed by atoms with E-state index in [0.717, 1.165) is 0 Å². The van der Waals surface area contributed by atoms with E-state index < -0.39 is 23.6 Å². The van der Waals surface area contributed by atoms with Gasteiger partial charge in [-0.25, -0.2) is 14.6 Å². The van der Waals surface area contributed by atoms with E-state index in [1.165, 1.54) is 42.6 Å². The zero-order valence-electron chi connectivity index (χ0n) is 15.5. The molecule has 0 heterocycles. The van der Waals surface area contributed by atoms with E-state index in [4.69, 9.17) is 4.74 Å². The van der Waals surface area contributed by atoms with Gasteiger partial charge in [0, 0.05) is 5.69 Å². The predicted molar refractivity (Wildman–Crippen MR) is 109 cm³/mol. The molecule has 0 spiro atoms. The van der Waals surface area contributed by atoms with Crippen LogP contribution in [0, 0.1) is 5.82 Å². The average Bonchev–Trinajstić information content (AvgIpc) is 2.76. The standard InChI is InChI=1S/C22H16FN3O4/c23-19-9-5-4-8-18(19)22(29)30-17-12-10-15(11-13-17)14-24-26-21(28)20(27)25-16-6-2-1-3-7-16/h1-14H,(H,25,27)(H,26,28)/b24-14+. The molecule has 0 bridgehead atoms. The molecule has 8 heteroatoms. The molecule has 0 fully saturated rings. The van der Waals surface area contributed by atoms with Crippen LogP contribution in [0.2, 0.25) is 0 Å². The fraction of sp³-hybridized carbons (Fsp3) is 0. The number of halogens is 1. The Bertz CT molecular complexity index is 1080. The van der Waals surface area contributed by atoms with Crippen LogP contribution < -0.4 is 15.5 Å². The quantitative estimate of drug-likeness (QED) is 0.224. The number of anilines is 1. The van der Waals surface area contributed by atoms with Crippen LogP contribution in [0.3, 0.4) is 0 Å². The lowest BCUT2D eigenvalue weighted by Gasteiger charge is -2.05. The number of carbonyl (C=O) groups is 3. The first-order valence-corrected chi connectivity index (χ1v) is 8.79. The van der Waals surface area contributed by atoms with Gasteiger partial charge in [0.25, 0.3) is 0 Å². The lowest BCUT2D eigenvalue weighted by molar-refractivity contribution is -0.136. The van der Waals surface area contributed by atoms with E-state index in [0.29, 0.717) is 11.3 Å². The maximum Gasteiger partial charge on any atom is 0.346 e. The first-order valence-electron chi connectivity index (χ1n) is 8.79. The molecule has 0 aliphatic carbocycles. The van der Waals surface area contributed by atoms with Crippen molar-refractivity contribution in [1.82, 2.24) is 5.43 Å². The molecular weight excluding hydrogens is 389 g/mol. The summed E-state index contributed by atoms with van der Waals surface area (Å²) in [6, 6.07) is 20.2. The van der Waals surface area contributed by atoms with E-state index in [9.17, 15) is 18.8 Å². The number of rotatable bonds is 5. The molecule has 7 nitrogen and oxygen atoms in total. The van der Waals surface area contributed by atoms with E-state index in [2.05, 4.69) is 15.8 Å². The van der Waals surface area contributed by atoms with Crippen LogP contribution in [0.15, 0.2) is 84.0 Å². The Morgan fingerprint density at radius 3 is 2.20 bits per heavy atom. The molecule has 0 saturated heterocycles. The molecule has 0 radical (unpaired) electrons. The first kappa shape index (κ1) is 20.4. The van der Waals surface area contributed by atoms with Gasteiger partial charge in [-0.1, -0.05) is 30.3 Å². The van der Waals surface area contributed by atoms with Crippen LogP contribution in [-0.4, -0.2) is 24.0 Å². The Balaban J connectivity index is 1.52. The number of amides is 2. The third-order valence-electron chi connectivity index (χ3n) is 3.80. The van der Waals surface area contributed by atoms with Crippen LogP contribution in [-0.2, 0) is 9.59 Å². The van der Waals surface area contributed by atoms with Crippen LogP contribution in [0.5, 0.6) is 5.75 Å². The number of esters is 1. The molecule has 0 aliphatic rings. The fourth-order valence-electron chi connectivity index (χ4n) is 2.34. The van der Waals surface area contributed by atoms with Crippen LogP contribution in [0.4, 0.5) is 10.1 Å². The Labute approximate surface area is 171 Å². The number of hydrogen-bond acceptors (Lipinski definition) is 5. The average molecular weight is 405 g/mol. The number of hydrogen-bond donors (Lipinski definition) is 2. The number of benzene rings is 3. The van der Waals surface area contributed by atoms with Crippen molar-refractivity contribution in [3.63, 3.8) is 0 Å². The highest BCUT2D eigenvalue weighted by Crippen LogP contribution is 2.15. The zero-order valence-corrected chi connectivity index (χ0v) is 15.5. The molecule has 0 saturated carbocycles. The first-order chi connectivity index (χ1) is 14.5. The van der Waals surface area contributed by atoms with Crippen molar-refractivity contribution in [3.05, 3.63) is 95.8 Å². The number of nitrogens with one attached hydrogen (secondary N) is 2. The molecule has 30 heavy (non-hydrogen) atoms. The molecule has 3 aromatic rings. The molecule has 3 aromatic carbocycles. The maximum absolute atomic E-state index is 13.6. The van der Waals surface area contributed by atoms with Gasteiger partial charge in [-0.2, -0.15) is 5.10 Å². The van der Waals surface area contributed by atoms with E-state index >= 15 is 0 Å². The molecule has 0 aromatic heterocycles. The van der Waals surface area contributed by atoms with Crippen molar-refractivity contribution < 1.29 is 23.5 Å². The molecule has 2 N–H and O–H groups in total. The molecule has 150 valence electrons. The molecular formula is C22H16FN3O4. The number of ether oxygens (including phenoxy) is 1. The van der Waals surface area contributed by atoms with Gasteiger partial charge in [-0.05, 0) is 54.1 Å². The highest BCUT2D eigenvalue weighted by molar-refractivity contribution is 6.39. The smallest absolute Gasteiger partial charge is 0.346 e. The van der Waals surface area contributed by atoms with Crippen LogP contribution >= 0.6 is 0 Å². The minimum atomic E-state index is -0.925. The number of carbonyl (C=O) groups excluding carboxylic acids is 3. The second kappa shape index (κ2) is 9.74. The Kier molecular flexibility index (Phi) is 6.63. The van der Waals surface area contributed by atoms with Gasteiger partial charge in [0.05, 0.1) is 11.8 Å². The Hall–Kier alpha value is -4.33. The summed E-state index contributed by atoms with van der Waals surface area (Å²) in [5, 5.41) is 6.14.